The smallest absolute Gasteiger partial charge is 0.268 e. The minimum atomic E-state index is -3.72. The molecule has 0 atom stereocenters. The summed E-state index contributed by atoms with van der Waals surface area (Å²) in [6, 6.07) is 12.7. The molecule has 0 spiro atoms. The number of piperidine rings is 1. The molecule has 1 saturated heterocycles. The second-order valence-electron chi connectivity index (χ2n) is 6.94. The van der Waals surface area contributed by atoms with E-state index in [1.807, 2.05) is 0 Å². The predicted molar refractivity (Wildman–Crippen MR) is 100 cm³/mol. The molecule has 1 aliphatic heterocycles. The molecular weight excluding hydrogens is 351 g/mol. The van der Waals surface area contributed by atoms with Gasteiger partial charge < -0.3 is 4.90 Å². The molecule has 136 valence electrons. The maximum absolute atomic E-state index is 13.9. The zero-order chi connectivity index (χ0) is 18.3. The lowest BCUT2D eigenvalue weighted by Crippen LogP contribution is -2.29. The summed E-state index contributed by atoms with van der Waals surface area (Å²) in [7, 11) is -1.64. The molecule has 0 saturated carbocycles. The summed E-state index contributed by atoms with van der Waals surface area (Å²) in [5.74, 6) is -0.107. The number of hydrogen-bond acceptors (Lipinski definition) is 3. The second kappa shape index (κ2) is 6.52. The number of benzene rings is 2. The van der Waals surface area contributed by atoms with Crippen LogP contribution in [0.1, 0.15) is 24.3 Å². The zero-order valence-electron chi connectivity index (χ0n) is 14.6. The van der Waals surface area contributed by atoms with Crippen molar-refractivity contribution in [2.75, 3.05) is 20.1 Å². The lowest BCUT2D eigenvalue weighted by molar-refractivity contribution is 0.256. The summed E-state index contributed by atoms with van der Waals surface area (Å²) in [5.41, 5.74) is 1.45. The Morgan fingerprint density at radius 3 is 2.42 bits per heavy atom. The minimum absolute atomic E-state index is 0.233. The number of hydrogen-bond donors (Lipinski definition) is 0. The quantitative estimate of drug-likeness (QED) is 0.702. The van der Waals surface area contributed by atoms with Crippen molar-refractivity contribution in [2.24, 2.45) is 0 Å². The van der Waals surface area contributed by atoms with Gasteiger partial charge >= 0.3 is 0 Å². The van der Waals surface area contributed by atoms with Gasteiger partial charge in [-0.25, -0.2) is 16.8 Å². The maximum atomic E-state index is 13.9. The Morgan fingerprint density at radius 2 is 1.73 bits per heavy atom. The van der Waals surface area contributed by atoms with Crippen LogP contribution in [0.3, 0.4) is 0 Å². The van der Waals surface area contributed by atoms with Crippen LogP contribution in [-0.4, -0.2) is 37.4 Å². The minimum Gasteiger partial charge on any atom is -0.306 e. The summed E-state index contributed by atoms with van der Waals surface area (Å²) in [6.07, 6.45) is 3.58. The van der Waals surface area contributed by atoms with Crippen LogP contribution in [-0.2, 0) is 10.0 Å². The molecule has 4 rings (SSSR count). The van der Waals surface area contributed by atoms with Gasteiger partial charge in [-0.2, -0.15) is 0 Å². The molecule has 26 heavy (non-hydrogen) atoms. The van der Waals surface area contributed by atoms with Crippen LogP contribution in [0.4, 0.5) is 4.39 Å². The molecule has 2 aromatic carbocycles. The second-order valence-corrected chi connectivity index (χ2v) is 8.75. The lowest BCUT2D eigenvalue weighted by atomic mass is 9.89. The lowest BCUT2D eigenvalue weighted by Gasteiger charge is -2.28. The number of halogens is 1. The fourth-order valence-corrected chi connectivity index (χ4v) is 5.15. The van der Waals surface area contributed by atoms with Gasteiger partial charge in [-0.05, 0) is 74.8 Å². The van der Waals surface area contributed by atoms with Gasteiger partial charge in [0.25, 0.3) is 10.0 Å². The number of rotatable bonds is 3. The van der Waals surface area contributed by atoms with Gasteiger partial charge in [0.05, 0.1) is 10.4 Å². The van der Waals surface area contributed by atoms with Crippen LogP contribution in [0.5, 0.6) is 0 Å². The standard InChI is InChI=1S/C20H21FN2O2S/c1-22-11-9-15(10-12-22)19-14-23(20-8-7-16(21)13-18(19)20)26(24,25)17-5-3-2-4-6-17/h2-8,13-15H,9-12H2,1H3. The van der Waals surface area contributed by atoms with Crippen LogP contribution in [0.2, 0.25) is 0 Å². The number of aromatic nitrogens is 1. The van der Waals surface area contributed by atoms with Crippen molar-refractivity contribution in [3.05, 3.63) is 66.1 Å². The van der Waals surface area contributed by atoms with E-state index >= 15 is 0 Å². The van der Waals surface area contributed by atoms with E-state index < -0.39 is 10.0 Å². The third kappa shape index (κ3) is 2.93. The van der Waals surface area contributed by atoms with Gasteiger partial charge in [-0.15, -0.1) is 0 Å². The van der Waals surface area contributed by atoms with Crippen LogP contribution >= 0.6 is 0 Å². The molecule has 0 aliphatic carbocycles. The van der Waals surface area contributed by atoms with E-state index in [0.717, 1.165) is 31.5 Å². The van der Waals surface area contributed by atoms with Crippen LogP contribution in [0.25, 0.3) is 10.9 Å². The average Bonchev–Trinajstić information content (AvgIpc) is 3.02. The largest absolute Gasteiger partial charge is 0.306 e. The SMILES string of the molecule is CN1CCC(c2cn(S(=O)(=O)c3ccccc3)c3ccc(F)cc23)CC1. The van der Waals surface area contributed by atoms with E-state index in [1.54, 1.807) is 42.6 Å². The van der Waals surface area contributed by atoms with Crippen LogP contribution in [0, 0.1) is 5.82 Å². The highest BCUT2D eigenvalue weighted by Crippen LogP contribution is 2.36. The van der Waals surface area contributed by atoms with Crippen molar-refractivity contribution in [3.63, 3.8) is 0 Å². The number of likely N-dealkylation sites (tertiary alicyclic amines) is 1. The Hall–Kier alpha value is -2.18. The van der Waals surface area contributed by atoms with E-state index in [4.69, 9.17) is 0 Å². The molecule has 0 bridgehead atoms. The molecule has 1 aliphatic rings. The van der Waals surface area contributed by atoms with E-state index in [9.17, 15) is 12.8 Å². The van der Waals surface area contributed by atoms with Gasteiger partial charge in [0.15, 0.2) is 0 Å². The van der Waals surface area contributed by atoms with Crippen molar-refractivity contribution < 1.29 is 12.8 Å². The molecule has 0 amide bonds. The van der Waals surface area contributed by atoms with E-state index in [-0.39, 0.29) is 16.6 Å². The Labute approximate surface area is 152 Å². The maximum Gasteiger partial charge on any atom is 0.268 e. The monoisotopic (exact) mass is 372 g/mol. The normalized spacial score (nSPS) is 17.0. The Kier molecular flexibility index (Phi) is 4.32. The van der Waals surface area contributed by atoms with Gasteiger partial charge in [0, 0.05) is 11.6 Å². The first-order valence-electron chi connectivity index (χ1n) is 8.76. The summed E-state index contributed by atoms with van der Waals surface area (Å²) < 4.78 is 41.5. The highest BCUT2D eigenvalue weighted by atomic mass is 32.2. The molecule has 3 aromatic rings. The number of fused-ring (bicyclic) bond motifs is 1. The van der Waals surface area contributed by atoms with Crippen LogP contribution < -0.4 is 0 Å². The molecule has 4 nitrogen and oxygen atoms in total. The fraction of sp³-hybridized carbons (Fsp3) is 0.300. The first-order valence-corrected chi connectivity index (χ1v) is 10.2. The van der Waals surface area contributed by atoms with Gasteiger partial charge in [0.1, 0.15) is 5.82 Å². The summed E-state index contributed by atoms with van der Waals surface area (Å²) in [5, 5.41) is 0.694. The molecular formula is C20H21FN2O2S. The third-order valence-corrected chi connectivity index (χ3v) is 6.91. The molecule has 0 radical (unpaired) electrons. The molecule has 2 heterocycles. The van der Waals surface area contributed by atoms with Crippen LogP contribution in [0.15, 0.2) is 59.6 Å². The van der Waals surface area contributed by atoms with Crippen molar-refractivity contribution >= 4 is 20.9 Å². The van der Waals surface area contributed by atoms with E-state index in [1.165, 1.54) is 16.1 Å². The van der Waals surface area contributed by atoms with Gasteiger partial charge in [-0.1, -0.05) is 18.2 Å². The van der Waals surface area contributed by atoms with E-state index in [0.29, 0.717) is 10.9 Å². The van der Waals surface area contributed by atoms with Crippen molar-refractivity contribution in [3.8, 4) is 0 Å². The topological polar surface area (TPSA) is 42.3 Å². The first-order chi connectivity index (χ1) is 12.5. The van der Waals surface area contributed by atoms with Crippen molar-refractivity contribution in [2.45, 2.75) is 23.7 Å². The molecule has 6 heteroatoms. The van der Waals surface area contributed by atoms with Crippen molar-refractivity contribution in [1.29, 1.82) is 0 Å². The Morgan fingerprint density at radius 1 is 1.04 bits per heavy atom. The Bertz CT molecular complexity index is 1040. The van der Waals surface area contributed by atoms with Crippen molar-refractivity contribution in [1.82, 2.24) is 8.87 Å². The average molecular weight is 372 g/mol. The molecule has 1 aromatic heterocycles. The first kappa shape index (κ1) is 17.2. The highest BCUT2D eigenvalue weighted by molar-refractivity contribution is 7.90. The summed E-state index contributed by atoms with van der Waals surface area (Å²) in [4.78, 5) is 2.49. The predicted octanol–water partition coefficient (Wildman–Crippen LogP) is 3.83. The highest BCUT2D eigenvalue weighted by Gasteiger charge is 2.26. The fourth-order valence-electron chi connectivity index (χ4n) is 3.75. The molecule has 0 unspecified atom stereocenters. The molecule has 0 N–H and O–H groups in total. The Balaban J connectivity index is 1.89. The van der Waals surface area contributed by atoms with Gasteiger partial charge in [0.2, 0.25) is 0 Å². The zero-order valence-corrected chi connectivity index (χ0v) is 15.4. The van der Waals surface area contributed by atoms with E-state index in [2.05, 4.69) is 11.9 Å². The number of nitrogens with zero attached hydrogens (tertiary/aromatic N) is 2. The summed E-state index contributed by atoms with van der Waals surface area (Å²) >= 11 is 0. The molecule has 1 fully saturated rings. The van der Waals surface area contributed by atoms with Gasteiger partial charge in [-0.3, -0.25) is 0 Å². The summed E-state index contributed by atoms with van der Waals surface area (Å²) in [6.45, 7) is 1.91. The third-order valence-electron chi connectivity index (χ3n) is 5.22.